The van der Waals surface area contributed by atoms with Crippen molar-refractivity contribution in [2.24, 2.45) is 0 Å². The number of hydrogen-bond donors (Lipinski definition) is 2. The highest BCUT2D eigenvalue weighted by atomic mass is 35.5. The molecule has 0 radical (unpaired) electrons. The van der Waals surface area contributed by atoms with Gasteiger partial charge in [-0.15, -0.1) is 23.4 Å². The fourth-order valence-corrected chi connectivity index (χ4v) is 3.10. The predicted octanol–water partition coefficient (Wildman–Crippen LogP) is 4.98. The van der Waals surface area contributed by atoms with Gasteiger partial charge >= 0.3 is 6.09 Å². The van der Waals surface area contributed by atoms with Gasteiger partial charge in [0.15, 0.2) is 0 Å². The van der Waals surface area contributed by atoms with Crippen LogP contribution in [0.1, 0.15) is 22.1 Å². The van der Waals surface area contributed by atoms with Gasteiger partial charge in [0.25, 0.3) is 0 Å². The van der Waals surface area contributed by atoms with Crippen LogP contribution in [0.2, 0.25) is 0 Å². The number of aryl methyl sites for hydroxylation is 1. The monoisotopic (exact) mass is 376 g/mol. The van der Waals surface area contributed by atoms with Crippen molar-refractivity contribution in [3.05, 3.63) is 64.6 Å². The van der Waals surface area contributed by atoms with Gasteiger partial charge in [0.1, 0.15) is 5.75 Å². The van der Waals surface area contributed by atoms with Crippen LogP contribution < -0.4 is 15.8 Å². The summed E-state index contributed by atoms with van der Waals surface area (Å²) in [5, 5.41) is 4.31. The summed E-state index contributed by atoms with van der Waals surface area (Å²) in [6.07, 6.45) is 1.50. The number of carbonyl (C=O) groups excluding carboxylic acids is 1. The van der Waals surface area contributed by atoms with Gasteiger partial charge in [-0.25, -0.2) is 4.79 Å². The van der Waals surface area contributed by atoms with Gasteiger partial charge in [0, 0.05) is 18.5 Å². The number of anilines is 1. The Bertz CT molecular complexity index is 748. The number of nitrogens with one attached hydrogen (secondary N) is 1. The summed E-state index contributed by atoms with van der Waals surface area (Å²) in [5.41, 5.74) is 9.80. The Labute approximate surface area is 157 Å². The molecule has 0 saturated heterocycles. The molecular weight excluding hydrogens is 356 g/mol. The molecular formula is C19H21ClN2O2S. The largest absolute Gasteiger partial charge is 0.412 e. The first-order chi connectivity index (χ1) is 12.0. The molecule has 2 aromatic carbocycles. The lowest BCUT2D eigenvalue weighted by molar-refractivity contribution is 0.203. The molecule has 0 spiro atoms. The van der Waals surface area contributed by atoms with Crippen LogP contribution in [0.3, 0.4) is 0 Å². The van der Waals surface area contributed by atoms with E-state index in [1.54, 1.807) is 23.9 Å². The quantitative estimate of drug-likeness (QED) is 0.551. The Hall–Kier alpha value is -2.11. The maximum Gasteiger partial charge on any atom is 0.412 e. The number of nitrogens with two attached hydrogens (primary N) is 1. The van der Waals surface area contributed by atoms with Gasteiger partial charge < -0.3 is 15.8 Å². The maximum absolute atomic E-state index is 11.1. The molecule has 0 aliphatic rings. The van der Waals surface area contributed by atoms with Gasteiger partial charge in [-0.2, -0.15) is 0 Å². The third-order valence-corrected chi connectivity index (χ3v) is 5.00. The van der Waals surface area contributed by atoms with Crippen molar-refractivity contribution in [1.82, 2.24) is 5.32 Å². The molecule has 2 rings (SSSR count). The SMILES string of the molecule is CNC(=O)Oc1ccc(/C=C/SCC(Cl)c2ccc(C)c(N)c2)cc1. The fourth-order valence-electron chi connectivity index (χ4n) is 2.02. The van der Waals surface area contributed by atoms with E-state index in [9.17, 15) is 4.79 Å². The Morgan fingerprint density at radius 1 is 1.32 bits per heavy atom. The van der Waals surface area contributed by atoms with Crippen molar-refractivity contribution in [2.75, 3.05) is 18.5 Å². The average Bonchev–Trinajstić information content (AvgIpc) is 2.62. The van der Waals surface area contributed by atoms with Crippen LogP contribution in [-0.2, 0) is 0 Å². The molecule has 2 aromatic rings. The normalized spacial score (nSPS) is 12.1. The lowest BCUT2D eigenvalue weighted by Gasteiger charge is -2.10. The molecule has 6 heteroatoms. The molecule has 1 unspecified atom stereocenters. The molecule has 0 aromatic heterocycles. The Morgan fingerprint density at radius 2 is 2.04 bits per heavy atom. The van der Waals surface area contributed by atoms with E-state index in [4.69, 9.17) is 22.1 Å². The van der Waals surface area contributed by atoms with Gasteiger partial charge in [-0.05, 0) is 53.3 Å². The predicted molar refractivity (Wildman–Crippen MR) is 107 cm³/mol. The van der Waals surface area contributed by atoms with E-state index in [-0.39, 0.29) is 5.38 Å². The third-order valence-electron chi connectivity index (χ3n) is 3.56. The van der Waals surface area contributed by atoms with Crippen LogP contribution in [0.5, 0.6) is 5.75 Å². The summed E-state index contributed by atoms with van der Waals surface area (Å²) in [4.78, 5) is 11.1. The summed E-state index contributed by atoms with van der Waals surface area (Å²) in [6.45, 7) is 1.98. The molecule has 25 heavy (non-hydrogen) atoms. The molecule has 0 heterocycles. The van der Waals surface area contributed by atoms with E-state index < -0.39 is 6.09 Å². The molecule has 1 amide bonds. The number of nitrogen functional groups attached to an aromatic ring is 1. The molecule has 0 bridgehead atoms. The van der Waals surface area contributed by atoms with E-state index >= 15 is 0 Å². The number of thioether (sulfide) groups is 1. The second kappa shape index (κ2) is 9.39. The van der Waals surface area contributed by atoms with Crippen LogP contribution >= 0.6 is 23.4 Å². The zero-order chi connectivity index (χ0) is 18.2. The molecule has 1 atom stereocenters. The van der Waals surface area contributed by atoms with Gasteiger partial charge in [0.05, 0.1) is 5.38 Å². The van der Waals surface area contributed by atoms with Crippen molar-refractivity contribution in [3.8, 4) is 5.75 Å². The molecule has 0 saturated carbocycles. The molecule has 4 nitrogen and oxygen atoms in total. The maximum atomic E-state index is 11.1. The van der Waals surface area contributed by atoms with Gasteiger partial charge in [-0.1, -0.05) is 24.3 Å². The van der Waals surface area contributed by atoms with Gasteiger partial charge in [0.2, 0.25) is 0 Å². The molecule has 0 aliphatic carbocycles. The molecule has 0 fully saturated rings. The average molecular weight is 377 g/mol. The van der Waals surface area contributed by atoms with Crippen LogP contribution in [0.4, 0.5) is 10.5 Å². The summed E-state index contributed by atoms with van der Waals surface area (Å²) in [7, 11) is 1.52. The Morgan fingerprint density at radius 3 is 2.68 bits per heavy atom. The minimum absolute atomic E-state index is 0.0964. The minimum Gasteiger partial charge on any atom is -0.410 e. The molecule has 0 aliphatic heterocycles. The van der Waals surface area contributed by atoms with E-state index in [2.05, 4.69) is 5.32 Å². The van der Waals surface area contributed by atoms with Crippen molar-refractivity contribution in [3.63, 3.8) is 0 Å². The summed E-state index contributed by atoms with van der Waals surface area (Å²) in [5.74, 6) is 1.25. The lowest BCUT2D eigenvalue weighted by Crippen LogP contribution is -2.21. The standard InChI is InChI=1S/C19H21ClN2O2S/c1-13-3-6-15(11-18(13)21)17(20)12-25-10-9-14-4-7-16(8-5-14)24-19(23)22-2/h3-11,17H,12,21H2,1-2H3,(H,22,23)/b10-9+. The highest BCUT2D eigenvalue weighted by Crippen LogP contribution is 2.28. The first kappa shape index (κ1) is 19.2. The Kier molecular flexibility index (Phi) is 7.22. The van der Waals surface area contributed by atoms with Crippen LogP contribution in [0.25, 0.3) is 6.08 Å². The number of ether oxygens (including phenoxy) is 1. The first-order valence-corrected chi connectivity index (χ1v) is 9.26. The van der Waals surface area contributed by atoms with Crippen molar-refractivity contribution in [1.29, 1.82) is 0 Å². The number of alkyl halides is 1. The van der Waals surface area contributed by atoms with Crippen molar-refractivity contribution >= 4 is 41.2 Å². The number of rotatable bonds is 6. The highest BCUT2D eigenvalue weighted by molar-refractivity contribution is 8.02. The van der Waals surface area contributed by atoms with Crippen molar-refractivity contribution < 1.29 is 9.53 Å². The zero-order valence-corrected chi connectivity index (χ0v) is 15.7. The van der Waals surface area contributed by atoms with Gasteiger partial charge in [-0.3, -0.25) is 0 Å². The van der Waals surface area contributed by atoms with Crippen LogP contribution in [0.15, 0.2) is 47.9 Å². The first-order valence-electron chi connectivity index (χ1n) is 7.77. The topological polar surface area (TPSA) is 64.3 Å². The number of hydrogen-bond acceptors (Lipinski definition) is 4. The second-order valence-electron chi connectivity index (χ2n) is 5.43. The Balaban J connectivity index is 1.84. The van der Waals surface area contributed by atoms with E-state index in [1.807, 2.05) is 48.7 Å². The minimum atomic E-state index is -0.483. The second-order valence-corrected chi connectivity index (χ2v) is 6.89. The van der Waals surface area contributed by atoms with E-state index in [0.29, 0.717) is 5.75 Å². The van der Waals surface area contributed by atoms with Crippen molar-refractivity contribution in [2.45, 2.75) is 12.3 Å². The third kappa shape index (κ3) is 6.03. The smallest absolute Gasteiger partial charge is 0.410 e. The molecule has 132 valence electrons. The number of carbonyl (C=O) groups is 1. The van der Waals surface area contributed by atoms with E-state index in [1.165, 1.54) is 7.05 Å². The van der Waals surface area contributed by atoms with Crippen LogP contribution in [-0.4, -0.2) is 18.9 Å². The summed E-state index contributed by atoms with van der Waals surface area (Å²) >= 11 is 8.06. The van der Waals surface area contributed by atoms with E-state index in [0.717, 1.165) is 28.1 Å². The summed E-state index contributed by atoms with van der Waals surface area (Å²) in [6, 6.07) is 13.2. The fraction of sp³-hybridized carbons (Fsp3) is 0.211. The lowest BCUT2D eigenvalue weighted by atomic mass is 10.1. The van der Waals surface area contributed by atoms with Crippen LogP contribution in [0, 0.1) is 6.92 Å². The number of amides is 1. The number of benzene rings is 2. The summed E-state index contributed by atoms with van der Waals surface area (Å²) < 4.78 is 5.04. The zero-order valence-electron chi connectivity index (χ0n) is 14.2. The molecule has 3 N–H and O–H groups in total. The number of halogens is 1. The highest BCUT2D eigenvalue weighted by Gasteiger charge is 2.08.